The molecule has 0 atom stereocenters. The summed E-state index contributed by atoms with van der Waals surface area (Å²) in [5.74, 6) is 1.77. The molecular formula is C28H19F3N4O3S. The number of nitrogen functional groups attached to an aromatic ring is 1. The molecule has 5 aromatic rings. The lowest BCUT2D eigenvalue weighted by atomic mass is 10.0. The number of benzene rings is 3. The third kappa shape index (κ3) is 4.79. The van der Waals surface area contributed by atoms with Gasteiger partial charge in [-0.25, -0.2) is 9.78 Å². The van der Waals surface area contributed by atoms with E-state index in [0.29, 0.717) is 23.0 Å². The highest BCUT2D eigenvalue weighted by atomic mass is 32.1. The minimum atomic E-state index is -4.50. The van der Waals surface area contributed by atoms with Crippen molar-refractivity contribution in [2.24, 2.45) is 0 Å². The van der Waals surface area contributed by atoms with Crippen molar-refractivity contribution in [2.45, 2.75) is 6.18 Å². The molecule has 4 N–H and O–H groups in total. The normalized spacial score (nSPS) is 12.5. The van der Waals surface area contributed by atoms with Crippen LogP contribution in [-0.2, 0) is 6.18 Å². The first-order chi connectivity index (χ1) is 18.8. The number of carbonyl (C=O) groups is 1. The molecule has 0 unspecified atom stereocenters. The van der Waals surface area contributed by atoms with Gasteiger partial charge in [-0.3, -0.25) is 0 Å². The molecule has 0 saturated carbocycles. The van der Waals surface area contributed by atoms with Gasteiger partial charge in [0.2, 0.25) is 6.79 Å². The lowest BCUT2D eigenvalue weighted by Crippen LogP contribution is -2.19. The first kappa shape index (κ1) is 24.6. The minimum absolute atomic E-state index is 0.0323. The molecule has 2 amide bonds. The van der Waals surface area contributed by atoms with Gasteiger partial charge in [0.15, 0.2) is 11.5 Å². The van der Waals surface area contributed by atoms with Crippen molar-refractivity contribution in [3.8, 4) is 33.8 Å². The Morgan fingerprint density at radius 3 is 2.44 bits per heavy atom. The quantitative estimate of drug-likeness (QED) is 0.215. The summed E-state index contributed by atoms with van der Waals surface area (Å²) in [4.78, 5) is 16.8. The van der Waals surface area contributed by atoms with E-state index in [1.54, 1.807) is 29.7 Å². The maximum atomic E-state index is 12.9. The van der Waals surface area contributed by atoms with Gasteiger partial charge in [0.1, 0.15) is 5.82 Å². The number of pyridine rings is 1. The van der Waals surface area contributed by atoms with Crippen molar-refractivity contribution in [3.63, 3.8) is 0 Å². The number of nitrogens with two attached hydrogens (primary N) is 1. The topological polar surface area (TPSA) is 98.5 Å². The van der Waals surface area contributed by atoms with Gasteiger partial charge >= 0.3 is 12.2 Å². The van der Waals surface area contributed by atoms with Gasteiger partial charge in [-0.2, -0.15) is 13.2 Å². The fourth-order valence-corrected chi connectivity index (χ4v) is 5.47. The molecule has 7 nitrogen and oxygen atoms in total. The van der Waals surface area contributed by atoms with Gasteiger partial charge in [0.25, 0.3) is 0 Å². The molecule has 1 aliphatic heterocycles. The van der Waals surface area contributed by atoms with E-state index in [0.717, 1.165) is 44.5 Å². The zero-order valence-corrected chi connectivity index (χ0v) is 20.8. The van der Waals surface area contributed by atoms with Gasteiger partial charge in [0.05, 0.1) is 5.56 Å². The molecule has 0 radical (unpaired) electrons. The van der Waals surface area contributed by atoms with Crippen molar-refractivity contribution in [2.75, 3.05) is 23.2 Å². The monoisotopic (exact) mass is 548 g/mol. The Labute approximate surface area is 224 Å². The van der Waals surface area contributed by atoms with Crippen molar-refractivity contribution in [1.29, 1.82) is 0 Å². The number of ether oxygens (including phenoxy) is 2. The standard InChI is InChI=1S/C28H19F3N4O3S/c29-28(30,31)17-2-1-3-19(11-17)35-27(36)34-18-7-4-15(5-8-18)21-13-39-25-20(12-33-26(32)24(21)25)16-6-9-22-23(10-16)38-14-37-22/h1-13H,14H2,(H2,32,33)(H2,34,35,36). The predicted octanol–water partition coefficient (Wildman–Crippen LogP) is 7.60. The Bertz CT molecular complexity index is 1720. The van der Waals surface area contributed by atoms with E-state index in [1.165, 1.54) is 12.1 Å². The van der Waals surface area contributed by atoms with Crippen LogP contribution in [0.15, 0.2) is 78.3 Å². The molecule has 0 bridgehead atoms. The molecule has 196 valence electrons. The van der Waals surface area contributed by atoms with Crippen LogP contribution in [0.25, 0.3) is 32.3 Å². The molecule has 2 aromatic heterocycles. The second-order valence-corrected chi connectivity index (χ2v) is 9.59. The number of fused-ring (bicyclic) bond motifs is 2. The van der Waals surface area contributed by atoms with Gasteiger partial charge in [-0.1, -0.05) is 24.3 Å². The molecule has 39 heavy (non-hydrogen) atoms. The van der Waals surface area contributed by atoms with Crippen molar-refractivity contribution >= 4 is 44.6 Å². The summed E-state index contributed by atoms with van der Waals surface area (Å²) in [6.45, 7) is 0.190. The van der Waals surface area contributed by atoms with Gasteiger partial charge in [-0.05, 0) is 59.0 Å². The van der Waals surface area contributed by atoms with Crippen molar-refractivity contribution < 1.29 is 27.4 Å². The van der Waals surface area contributed by atoms with Crippen LogP contribution in [-0.4, -0.2) is 17.8 Å². The number of carbonyl (C=O) groups excluding carboxylic acids is 1. The second-order valence-electron chi connectivity index (χ2n) is 8.71. The van der Waals surface area contributed by atoms with Gasteiger partial charge in [0, 0.05) is 38.8 Å². The molecule has 0 saturated heterocycles. The van der Waals surface area contributed by atoms with E-state index in [9.17, 15) is 18.0 Å². The van der Waals surface area contributed by atoms with E-state index >= 15 is 0 Å². The Balaban J connectivity index is 1.23. The molecule has 6 rings (SSSR count). The number of urea groups is 1. The second kappa shape index (κ2) is 9.52. The molecule has 1 aliphatic rings. The van der Waals surface area contributed by atoms with Gasteiger partial charge < -0.3 is 25.8 Å². The number of nitrogens with one attached hydrogen (secondary N) is 2. The van der Waals surface area contributed by atoms with E-state index in [4.69, 9.17) is 15.2 Å². The maximum absolute atomic E-state index is 12.9. The van der Waals surface area contributed by atoms with Crippen LogP contribution < -0.4 is 25.8 Å². The number of thiophene rings is 1. The van der Waals surface area contributed by atoms with E-state index in [-0.39, 0.29) is 12.5 Å². The zero-order chi connectivity index (χ0) is 27.1. The number of anilines is 3. The molecule has 0 spiro atoms. The summed E-state index contributed by atoms with van der Waals surface area (Å²) in [6.07, 6.45) is -2.76. The summed E-state index contributed by atoms with van der Waals surface area (Å²) < 4.78 is 50.7. The SMILES string of the molecule is Nc1ncc(-c2ccc3c(c2)OCO3)c2scc(-c3ccc(NC(=O)Nc4cccc(C(F)(F)F)c4)cc3)c12. The summed E-state index contributed by atoms with van der Waals surface area (Å²) in [7, 11) is 0. The van der Waals surface area contributed by atoms with Crippen LogP contribution in [0.4, 0.5) is 35.2 Å². The number of nitrogens with zero attached hydrogens (tertiary/aromatic N) is 1. The largest absolute Gasteiger partial charge is 0.454 e. The summed E-state index contributed by atoms with van der Waals surface area (Å²) in [6, 6.07) is 16.6. The van der Waals surface area contributed by atoms with E-state index in [2.05, 4.69) is 15.6 Å². The van der Waals surface area contributed by atoms with Crippen molar-refractivity contribution in [1.82, 2.24) is 4.98 Å². The fourth-order valence-electron chi connectivity index (χ4n) is 4.35. The van der Waals surface area contributed by atoms with Crippen LogP contribution in [0.2, 0.25) is 0 Å². The molecule has 0 fully saturated rings. The van der Waals surface area contributed by atoms with Crippen molar-refractivity contribution in [3.05, 3.63) is 83.9 Å². The summed E-state index contributed by atoms with van der Waals surface area (Å²) in [5, 5.41) is 7.88. The van der Waals surface area contributed by atoms with Crippen LogP contribution in [0.1, 0.15) is 5.56 Å². The number of halogens is 3. The van der Waals surface area contributed by atoms with Crippen LogP contribution in [0.5, 0.6) is 11.5 Å². The fraction of sp³-hybridized carbons (Fsp3) is 0.0714. The lowest BCUT2D eigenvalue weighted by molar-refractivity contribution is -0.137. The maximum Gasteiger partial charge on any atom is 0.416 e. The lowest BCUT2D eigenvalue weighted by Gasteiger charge is -2.11. The molecule has 0 aliphatic carbocycles. The van der Waals surface area contributed by atoms with Gasteiger partial charge in [-0.15, -0.1) is 11.3 Å². The Kier molecular flexibility index (Phi) is 5.99. The Hall–Kier alpha value is -4.77. The first-order valence-electron chi connectivity index (χ1n) is 11.7. The molecule has 3 aromatic carbocycles. The predicted molar refractivity (Wildman–Crippen MR) is 145 cm³/mol. The molecular weight excluding hydrogens is 529 g/mol. The number of alkyl halides is 3. The highest BCUT2D eigenvalue weighted by Gasteiger charge is 2.30. The average Bonchev–Trinajstić information content (AvgIpc) is 3.57. The Morgan fingerprint density at radius 1 is 0.897 bits per heavy atom. The van der Waals surface area contributed by atoms with Crippen LogP contribution >= 0.6 is 11.3 Å². The third-order valence-corrected chi connectivity index (χ3v) is 7.22. The number of hydrogen-bond acceptors (Lipinski definition) is 6. The van der Waals surface area contributed by atoms with E-state index < -0.39 is 17.8 Å². The average molecular weight is 549 g/mol. The number of rotatable bonds is 4. The highest BCUT2D eigenvalue weighted by molar-refractivity contribution is 7.18. The minimum Gasteiger partial charge on any atom is -0.454 e. The third-order valence-electron chi connectivity index (χ3n) is 6.21. The zero-order valence-electron chi connectivity index (χ0n) is 20.0. The van der Waals surface area contributed by atoms with Crippen LogP contribution in [0, 0.1) is 0 Å². The Morgan fingerprint density at radius 2 is 1.64 bits per heavy atom. The number of aromatic nitrogens is 1. The highest BCUT2D eigenvalue weighted by Crippen LogP contribution is 2.44. The molecule has 3 heterocycles. The first-order valence-corrected chi connectivity index (χ1v) is 12.6. The summed E-state index contributed by atoms with van der Waals surface area (Å²) >= 11 is 1.54. The summed E-state index contributed by atoms with van der Waals surface area (Å²) in [5.41, 5.74) is 9.55. The molecule has 11 heteroatoms. The number of amides is 2. The smallest absolute Gasteiger partial charge is 0.416 e. The van der Waals surface area contributed by atoms with E-state index in [1.807, 2.05) is 35.7 Å². The van der Waals surface area contributed by atoms with Crippen LogP contribution in [0.3, 0.4) is 0 Å². The number of hydrogen-bond donors (Lipinski definition) is 3.